The molecule has 0 spiro atoms. The largest absolute Gasteiger partial charge is 0.373 e. The average Bonchev–Trinajstić information content (AvgIpc) is 3.01. The standard InChI is InChI=1S/C18H21F2N7O2/c1-22-15-11(4-3-7-23-15)12(21)8-26-17(29)27-13(5-2-6-14(27)24-26)16(28)25-9-18(19,20)10-25/h3-4,7,13,21H,2,5-6,8-10H2,1H3,(H,22,23). The van der Waals surface area contributed by atoms with Crippen molar-refractivity contribution >= 4 is 17.4 Å². The number of carbonyl (C=O) groups excluding carboxylic acids is 1. The van der Waals surface area contributed by atoms with Crippen LogP contribution < -0.4 is 11.0 Å². The number of halogens is 2. The smallest absolute Gasteiger partial charge is 0.347 e. The van der Waals surface area contributed by atoms with E-state index in [2.05, 4.69) is 15.4 Å². The Balaban J connectivity index is 1.59. The molecule has 1 amide bonds. The van der Waals surface area contributed by atoms with Crippen molar-refractivity contribution in [3.05, 3.63) is 40.2 Å². The fraction of sp³-hybridized carbons (Fsp3) is 0.500. The Morgan fingerprint density at radius 1 is 1.41 bits per heavy atom. The van der Waals surface area contributed by atoms with Crippen LogP contribution in [0.1, 0.15) is 30.3 Å². The van der Waals surface area contributed by atoms with Gasteiger partial charge in [0.25, 0.3) is 5.92 Å². The van der Waals surface area contributed by atoms with Gasteiger partial charge in [-0.15, -0.1) is 0 Å². The molecular weight excluding hydrogens is 384 g/mol. The maximum atomic E-state index is 13.1. The van der Waals surface area contributed by atoms with Gasteiger partial charge in [0.2, 0.25) is 5.91 Å². The molecule has 0 aromatic carbocycles. The van der Waals surface area contributed by atoms with Gasteiger partial charge >= 0.3 is 5.69 Å². The number of hydrogen-bond donors (Lipinski definition) is 2. The van der Waals surface area contributed by atoms with Crippen LogP contribution in [-0.4, -0.2) is 61.9 Å². The molecule has 9 nitrogen and oxygen atoms in total. The van der Waals surface area contributed by atoms with Gasteiger partial charge < -0.3 is 15.6 Å². The number of likely N-dealkylation sites (tertiary alicyclic amines) is 1. The van der Waals surface area contributed by atoms with Gasteiger partial charge in [-0.05, 0) is 25.0 Å². The lowest BCUT2D eigenvalue weighted by molar-refractivity contribution is -0.169. The zero-order valence-corrected chi connectivity index (χ0v) is 15.9. The molecule has 154 valence electrons. The summed E-state index contributed by atoms with van der Waals surface area (Å²) in [6.07, 6.45) is 3.16. The van der Waals surface area contributed by atoms with E-state index < -0.39 is 36.7 Å². The van der Waals surface area contributed by atoms with E-state index in [4.69, 9.17) is 5.41 Å². The van der Waals surface area contributed by atoms with E-state index >= 15 is 0 Å². The zero-order valence-electron chi connectivity index (χ0n) is 15.9. The Kier molecular flexibility index (Phi) is 4.67. The number of amides is 1. The molecule has 2 aromatic rings. The van der Waals surface area contributed by atoms with E-state index in [1.54, 1.807) is 25.4 Å². The third-order valence-electron chi connectivity index (χ3n) is 5.25. The van der Waals surface area contributed by atoms with Crippen LogP contribution in [0.15, 0.2) is 23.1 Å². The van der Waals surface area contributed by atoms with Gasteiger partial charge in [0.05, 0.1) is 25.3 Å². The molecule has 1 atom stereocenters. The molecule has 1 fully saturated rings. The number of carbonyl (C=O) groups is 1. The summed E-state index contributed by atoms with van der Waals surface area (Å²) in [5.74, 6) is -2.37. The van der Waals surface area contributed by atoms with Crippen molar-refractivity contribution in [2.24, 2.45) is 0 Å². The predicted molar refractivity (Wildman–Crippen MR) is 101 cm³/mol. The third-order valence-corrected chi connectivity index (χ3v) is 5.25. The van der Waals surface area contributed by atoms with Gasteiger partial charge in [-0.1, -0.05) is 0 Å². The number of fused-ring (bicyclic) bond motifs is 1. The van der Waals surface area contributed by atoms with Crippen LogP contribution in [0.5, 0.6) is 0 Å². The predicted octanol–water partition coefficient (Wildman–Crippen LogP) is 0.904. The highest BCUT2D eigenvalue weighted by Crippen LogP contribution is 2.31. The summed E-state index contributed by atoms with van der Waals surface area (Å²) in [4.78, 5) is 30.8. The first-order chi connectivity index (χ1) is 13.8. The molecule has 0 aliphatic carbocycles. The molecule has 2 N–H and O–H groups in total. The molecule has 0 radical (unpaired) electrons. The van der Waals surface area contributed by atoms with Crippen molar-refractivity contribution in [3.8, 4) is 0 Å². The summed E-state index contributed by atoms with van der Waals surface area (Å²) in [5, 5.41) is 15.6. The second-order valence-electron chi connectivity index (χ2n) is 7.31. The number of aryl methyl sites for hydroxylation is 1. The Bertz CT molecular complexity index is 1020. The number of aromatic nitrogens is 4. The maximum absolute atomic E-state index is 13.1. The fourth-order valence-electron chi connectivity index (χ4n) is 3.83. The van der Waals surface area contributed by atoms with Crippen molar-refractivity contribution in [3.63, 3.8) is 0 Å². The fourth-order valence-corrected chi connectivity index (χ4v) is 3.83. The molecule has 0 saturated carbocycles. The summed E-state index contributed by atoms with van der Waals surface area (Å²) in [7, 11) is 1.69. The van der Waals surface area contributed by atoms with Gasteiger partial charge in [-0.25, -0.2) is 23.2 Å². The van der Waals surface area contributed by atoms with E-state index in [9.17, 15) is 18.4 Å². The number of pyridine rings is 1. The number of anilines is 1. The molecule has 0 bridgehead atoms. The van der Waals surface area contributed by atoms with Crippen LogP contribution >= 0.6 is 0 Å². The lowest BCUT2D eigenvalue weighted by Crippen LogP contribution is -2.60. The Labute approximate surface area is 164 Å². The van der Waals surface area contributed by atoms with Crippen LogP contribution in [0.3, 0.4) is 0 Å². The van der Waals surface area contributed by atoms with Gasteiger partial charge in [0, 0.05) is 25.2 Å². The molecule has 1 saturated heterocycles. The van der Waals surface area contributed by atoms with E-state index in [0.717, 1.165) is 9.58 Å². The zero-order chi connectivity index (χ0) is 20.8. The van der Waals surface area contributed by atoms with E-state index in [1.165, 1.54) is 4.57 Å². The molecule has 2 aliphatic heterocycles. The van der Waals surface area contributed by atoms with E-state index in [1.807, 2.05) is 0 Å². The average molecular weight is 405 g/mol. The normalized spacial score (nSPS) is 20.0. The first-order valence-electron chi connectivity index (χ1n) is 9.36. The Morgan fingerprint density at radius 3 is 2.86 bits per heavy atom. The van der Waals surface area contributed by atoms with Crippen LogP contribution in [0, 0.1) is 5.41 Å². The maximum Gasteiger partial charge on any atom is 0.347 e. The van der Waals surface area contributed by atoms with Gasteiger partial charge in [-0.3, -0.25) is 9.36 Å². The van der Waals surface area contributed by atoms with Crippen molar-refractivity contribution < 1.29 is 13.6 Å². The molecular formula is C18H21F2N7O2. The molecule has 4 rings (SSSR count). The Hall–Kier alpha value is -3.11. The van der Waals surface area contributed by atoms with Crippen LogP contribution in [0.4, 0.5) is 14.6 Å². The second kappa shape index (κ2) is 7.05. The van der Waals surface area contributed by atoms with Crippen LogP contribution in [0.2, 0.25) is 0 Å². The number of rotatable bonds is 5. The minimum absolute atomic E-state index is 0.0814. The number of nitrogens with zero attached hydrogens (tertiary/aromatic N) is 5. The minimum Gasteiger partial charge on any atom is -0.373 e. The topological polar surface area (TPSA) is 109 Å². The lowest BCUT2D eigenvalue weighted by atomic mass is 10.0. The highest BCUT2D eigenvalue weighted by atomic mass is 19.3. The summed E-state index contributed by atoms with van der Waals surface area (Å²) in [6, 6.07) is 2.60. The van der Waals surface area contributed by atoms with Crippen LogP contribution in [0.25, 0.3) is 0 Å². The minimum atomic E-state index is -2.86. The van der Waals surface area contributed by atoms with Gasteiger partial charge in [-0.2, -0.15) is 5.10 Å². The molecule has 2 aliphatic rings. The molecule has 4 heterocycles. The number of hydrogen-bond acceptors (Lipinski definition) is 6. The summed E-state index contributed by atoms with van der Waals surface area (Å²) >= 11 is 0. The van der Waals surface area contributed by atoms with Crippen molar-refractivity contribution in [1.82, 2.24) is 24.2 Å². The molecule has 29 heavy (non-hydrogen) atoms. The summed E-state index contributed by atoms with van der Waals surface area (Å²) in [5.41, 5.74) is 0.179. The molecule has 1 unspecified atom stereocenters. The molecule has 2 aromatic heterocycles. The van der Waals surface area contributed by atoms with Crippen molar-refractivity contribution in [2.45, 2.75) is 37.8 Å². The Morgan fingerprint density at radius 2 is 2.17 bits per heavy atom. The summed E-state index contributed by atoms with van der Waals surface area (Å²) < 4.78 is 28.8. The molecule has 11 heteroatoms. The van der Waals surface area contributed by atoms with Crippen LogP contribution in [-0.2, 0) is 17.8 Å². The van der Waals surface area contributed by atoms with E-state index in [-0.39, 0.29) is 12.3 Å². The van der Waals surface area contributed by atoms with Gasteiger partial charge in [0.15, 0.2) is 0 Å². The number of nitrogens with one attached hydrogen (secondary N) is 2. The second-order valence-corrected chi connectivity index (χ2v) is 7.31. The van der Waals surface area contributed by atoms with Crippen molar-refractivity contribution in [1.29, 1.82) is 5.41 Å². The quantitative estimate of drug-likeness (QED) is 0.719. The van der Waals surface area contributed by atoms with Crippen molar-refractivity contribution in [2.75, 3.05) is 25.5 Å². The van der Waals surface area contributed by atoms with E-state index in [0.29, 0.717) is 36.5 Å². The monoisotopic (exact) mass is 405 g/mol. The highest BCUT2D eigenvalue weighted by molar-refractivity contribution is 6.02. The number of alkyl halides is 2. The highest BCUT2D eigenvalue weighted by Gasteiger charge is 2.48. The lowest BCUT2D eigenvalue weighted by Gasteiger charge is -2.41. The summed E-state index contributed by atoms with van der Waals surface area (Å²) in [6.45, 7) is -1.31. The first-order valence-corrected chi connectivity index (χ1v) is 9.36. The van der Waals surface area contributed by atoms with Gasteiger partial charge in [0.1, 0.15) is 17.7 Å². The first kappa shape index (κ1) is 19.2. The third kappa shape index (κ3) is 3.40. The SMILES string of the molecule is CNc1ncccc1C(=N)Cn1nc2n(c1=O)C(C(=O)N1CC(F)(F)C1)CCC2.